The van der Waals surface area contributed by atoms with E-state index in [0.29, 0.717) is 27.9 Å². The highest BCUT2D eigenvalue weighted by molar-refractivity contribution is 8.01. The average Bonchev–Trinajstić information content (AvgIpc) is 2.83. The second kappa shape index (κ2) is 11.6. The lowest BCUT2D eigenvalue weighted by atomic mass is 10.1. The molecule has 0 fully saturated rings. The van der Waals surface area contributed by atoms with Crippen LogP contribution in [0, 0.1) is 19.8 Å². The van der Waals surface area contributed by atoms with E-state index in [1.54, 1.807) is 41.0 Å². The maximum absolute atomic E-state index is 14.1. The van der Waals surface area contributed by atoms with Crippen molar-refractivity contribution in [3.05, 3.63) is 88.2 Å². The SMILES string of the molecule is C=S(=O)(c1cccnc1)N(CC(C)C)c1cc(Cl)c(C)cc1OCc1ccc(/C=C/C(=O)O)cc1C. The largest absolute Gasteiger partial charge is 0.487 e. The van der Waals surface area contributed by atoms with Crippen LogP contribution in [0.2, 0.25) is 5.02 Å². The number of rotatable bonds is 10. The number of hydrogen-bond donors (Lipinski definition) is 1. The Balaban J connectivity index is 2.00. The molecule has 6 nitrogen and oxygen atoms in total. The molecule has 0 bridgehead atoms. The number of hydrogen-bond acceptors (Lipinski definition) is 4. The van der Waals surface area contributed by atoms with E-state index in [-0.39, 0.29) is 12.5 Å². The van der Waals surface area contributed by atoms with Gasteiger partial charge in [0.15, 0.2) is 0 Å². The van der Waals surface area contributed by atoms with Gasteiger partial charge in [-0.1, -0.05) is 43.6 Å². The number of nitrogens with zero attached hydrogens (tertiary/aromatic N) is 2. The molecule has 0 aliphatic heterocycles. The Morgan fingerprint density at radius 3 is 2.58 bits per heavy atom. The number of aryl methyl sites for hydroxylation is 2. The van der Waals surface area contributed by atoms with Crippen LogP contribution in [0.1, 0.15) is 36.1 Å². The van der Waals surface area contributed by atoms with E-state index in [1.165, 1.54) is 0 Å². The fraction of sp³-hybridized carbons (Fsp3) is 0.250. The highest BCUT2D eigenvalue weighted by atomic mass is 35.5. The van der Waals surface area contributed by atoms with Gasteiger partial charge in [0.05, 0.1) is 20.3 Å². The summed E-state index contributed by atoms with van der Waals surface area (Å²) < 4.78 is 22.1. The minimum Gasteiger partial charge on any atom is -0.487 e. The van der Waals surface area contributed by atoms with Crippen molar-refractivity contribution in [2.45, 2.75) is 39.2 Å². The van der Waals surface area contributed by atoms with Gasteiger partial charge in [-0.2, -0.15) is 0 Å². The smallest absolute Gasteiger partial charge is 0.328 e. The van der Waals surface area contributed by atoms with Crippen LogP contribution in [0.3, 0.4) is 0 Å². The van der Waals surface area contributed by atoms with Crippen molar-refractivity contribution in [3.8, 4) is 5.75 Å². The van der Waals surface area contributed by atoms with E-state index in [9.17, 15) is 9.00 Å². The zero-order valence-electron chi connectivity index (χ0n) is 20.9. The van der Waals surface area contributed by atoms with Crippen LogP contribution in [0.25, 0.3) is 6.08 Å². The van der Waals surface area contributed by atoms with Crippen LogP contribution in [-0.2, 0) is 21.1 Å². The maximum Gasteiger partial charge on any atom is 0.328 e. The van der Waals surface area contributed by atoms with Gasteiger partial charge in [0.25, 0.3) is 0 Å². The minimum absolute atomic E-state index is 0.186. The zero-order valence-corrected chi connectivity index (χ0v) is 22.5. The van der Waals surface area contributed by atoms with E-state index >= 15 is 0 Å². The second-order valence-corrected chi connectivity index (χ2v) is 11.6. The summed E-state index contributed by atoms with van der Waals surface area (Å²) in [6.07, 6.45) is 5.86. The molecule has 3 aromatic rings. The molecule has 190 valence electrons. The number of aromatic nitrogens is 1. The first kappa shape index (κ1) is 27.3. The first-order valence-corrected chi connectivity index (χ1v) is 13.5. The van der Waals surface area contributed by atoms with Gasteiger partial charge in [-0.05, 0) is 78.2 Å². The Kier molecular flexibility index (Phi) is 8.82. The lowest BCUT2D eigenvalue weighted by molar-refractivity contribution is -0.131. The molecule has 1 N–H and O–H groups in total. The Bertz CT molecular complexity index is 1370. The third kappa shape index (κ3) is 6.68. The van der Waals surface area contributed by atoms with Crippen molar-refractivity contribution in [2.24, 2.45) is 5.92 Å². The first-order valence-electron chi connectivity index (χ1n) is 11.5. The topological polar surface area (TPSA) is 79.7 Å². The molecule has 0 amide bonds. The average molecular weight is 527 g/mol. The van der Waals surface area contributed by atoms with E-state index in [2.05, 4.69) is 10.9 Å². The minimum atomic E-state index is -2.93. The van der Waals surface area contributed by atoms with E-state index in [1.807, 2.05) is 52.0 Å². The van der Waals surface area contributed by atoms with Gasteiger partial charge in [-0.25, -0.2) is 9.00 Å². The van der Waals surface area contributed by atoms with Crippen LogP contribution >= 0.6 is 11.6 Å². The van der Waals surface area contributed by atoms with Crippen LogP contribution in [0.15, 0.2) is 65.8 Å². The lowest BCUT2D eigenvalue weighted by Gasteiger charge is -2.32. The lowest BCUT2D eigenvalue weighted by Crippen LogP contribution is -2.34. The molecule has 0 spiro atoms. The summed E-state index contributed by atoms with van der Waals surface area (Å²) in [5, 5.41) is 9.40. The Hall–Kier alpha value is -3.29. The molecule has 0 saturated carbocycles. The van der Waals surface area contributed by atoms with Crippen molar-refractivity contribution < 1.29 is 18.8 Å². The van der Waals surface area contributed by atoms with Gasteiger partial charge in [0, 0.05) is 30.0 Å². The molecule has 36 heavy (non-hydrogen) atoms. The number of aliphatic carboxylic acids is 1. The summed E-state index contributed by atoms with van der Waals surface area (Å²) >= 11 is 6.52. The molecule has 3 rings (SSSR count). The highest BCUT2D eigenvalue weighted by Crippen LogP contribution is 2.38. The van der Waals surface area contributed by atoms with Gasteiger partial charge in [0.1, 0.15) is 12.4 Å². The number of pyridine rings is 1. The Morgan fingerprint density at radius 2 is 1.97 bits per heavy atom. The van der Waals surface area contributed by atoms with E-state index in [4.69, 9.17) is 21.4 Å². The molecular weight excluding hydrogens is 496 g/mol. The van der Waals surface area contributed by atoms with Gasteiger partial charge in [-0.15, -0.1) is 0 Å². The number of benzene rings is 2. The Labute approximate surface area is 218 Å². The summed E-state index contributed by atoms with van der Waals surface area (Å²) in [5.41, 5.74) is 4.13. The predicted molar refractivity (Wildman–Crippen MR) is 148 cm³/mol. The van der Waals surface area contributed by atoms with Gasteiger partial charge < -0.3 is 9.84 Å². The fourth-order valence-corrected chi connectivity index (χ4v) is 5.56. The number of carboxylic acid groups (broad SMARTS) is 1. The molecule has 0 aliphatic rings. The summed E-state index contributed by atoms with van der Waals surface area (Å²) in [5.74, 6) is 3.84. The molecule has 0 saturated heterocycles. The van der Waals surface area contributed by atoms with Crippen LogP contribution < -0.4 is 9.04 Å². The maximum atomic E-state index is 14.1. The summed E-state index contributed by atoms with van der Waals surface area (Å²) in [6.45, 7) is 8.67. The molecule has 2 aromatic carbocycles. The molecule has 8 heteroatoms. The molecule has 1 unspecified atom stereocenters. The molecular formula is C28H31ClN2O4S. The van der Waals surface area contributed by atoms with Crippen molar-refractivity contribution in [1.29, 1.82) is 0 Å². The van der Waals surface area contributed by atoms with E-state index < -0.39 is 15.7 Å². The first-order chi connectivity index (χ1) is 17.0. The van der Waals surface area contributed by atoms with Gasteiger partial charge in [-0.3, -0.25) is 9.29 Å². The van der Waals surface area contributed by atoms with Crippen molar-refractivity contribution >= 4 is 44.9 Å². The van der Waals surface area contributed by atoms with Crippen LogP contribution in [0.5, 0.6) is 5.75 Å². The number of halogens is 1. The molecule has 1 heterocycles. The van der Waals surface area contributed by atoms with Crippen molar-refractivity contribution in [1.82, 2.24) is 4.98 Å². The molecule has 1 atom stereocenters. The third-order valence-corrected chi connectivity index (χ3v) is 8.01. The number of ether oxygens (including phenoxy) is 1. The molecule has 0 radical (unpaired) electrons. The van der Waals surface area contributed by atoms with Gasteiger partial charge in [0.2, 0.25) is 0 Å². The third-order valence-electron chi connectivity index (χ3n) is 5.57. The number of anilines is 1. The molecule has 1 aromatic heterocycles. The summed E-state index contributed by atoms with van der Waals surface area (Å²) in [6, 6.07) is 12.8. The van der Waals surface area contributed by atoms with Crippen molar-refractivity contribution in [3.63, 3.8) is 0 Å². The number of carboxylic acids is 1. The van der Waals surface area contributed by atoms with Crippen molar-refractivity contribution in [2.75, 3.05) is 10.8 Å². The highest BCUT2D eigenvalue weighted by Gasteiger charge is 2.25. The van der Waals surface area contributed by atoms with Crippen LogP contribution in [0.4, 0.5) is 5.69 Å². The summed E-state index contributed by atoms with van der Waals surface area (Å²) in [4.78, 5) is 15.5. The zero-order chi connectivity index (χ0) is 26.5. The molecule has 0 aliphatic carbocycles. The van der Waals surface area contributed by atoms with Crippen LogP contribution in [-0.4, -0.2) is 32.7 Å². The number of carbonyl (C=O) groups is 1. The standard InChI is InChI=1S/C28H31ClN2O4S/c1-19(2)17-31(36(5,34)24-7-6-12-30-16-24)26-15-25(29)21(4)14-27(26)35-18-23-10-8-22(13-20(23)3)9-11-28(32)33/h6-16,19H,5,17-18H2,1-4H3,(H,32,33)/b11-9+. The van der Waals surface area contributed by atoms with Gasteiger partial charge >= 0.3 is 5.97 Å². The predicted octanol–water partition coefficient (Wildman–Crippen LogP) is 6.18. The Morgan fingerprint density at radius 1 is 1.22 bits per heavy atom. The fourth-order valence-electron chi connectivity index (χ4n) is 3.64. The van der Waals surface area contributed by atoms with E-state index in [0.717, 1.165) is 28.3 Å². The normalized spacial score (nSPS) is 13.1. The second-order valence-electron chi connectivity index (χ2n) is 9.00. The summed E-state index contributed by atoms with van der Waals surface area (Å²) in [7, 11) is -2.93. The monoisotopic (exact) mass is 526 g/mol. The quantitative estimate of drug-likeness (QED) is 0.252.